The van der Waals surface area contributed by atoms with E-state index < -0.39 is 0 Å². The van der Waals surface area contributed by atoms with Crippen molar-refractivity contribution in [2.45, 2.75) is 26.3 Å². The van der Waals surface area contributed by atoms with Crippen LogP contribution < -0.4 is 11.5 Å². The lowest BCUT2D eigenvalue weighted by atomic mass is 9.90. The van der Waals surface area contributed by atoms with Gasteiger partial charge in [0.1, 0.15) is 0 Å². The molecule has 1 aliphatic heterocycles. The van der Waals surface area contributed by atoms with E-state index in [1.165, 1.54) is 0 Å². The van der Waals surface area contributed by atoms with Crippen LogP contribution in [0.25, 0.3) is 0 Å². The third-order valence-corrected chi connectivity index (χ3v) is 3.55. The first-order valence-corrected chi connectivity index (χ1v) is 5.11. The van der Waals surface area contributed by atoms with E-state index in [1.54, 1.807) is 0 Å². The molecule has 1 heterocycles. The molecule has 80 valence electrons. The van der Waals surface area contributed by atoms with Crippen LogP contribution >= 0.6 is 12.2 Å². The molecule has 0 aromatic heterocycles. The molecule has 2 atom stereocenters. The van der Waals surface area contributed by atoms with Gasteiger partial charge in [-0.3, -0.25) is 9.69 Å². The number of likely N-dealkylation sites (tertiary alicyclic amines) is 1. The zero-order chi connectivity index (χ0) is 10.9. The largest absolute Gasteiger partial charge is 0.393 e. The fourth-order valence-corrected chi connectivity index (χ4v) is 1.87. The molecule has 1 rings (SSSR count). The maximum atomic E-state index is 11.0. The fraction of sp³-hybridized carbons (Fsp3) is 0.778. The van der Waals surface area contributed by atoms with Crippen molar-refractivity contribution >= 4 is 23.1 Å². The van der Waals surface area contributed by atoms with Gasteiger partial charge in [0, 0.05) is 12.0 Å². The van der Waals surface area contributed by atoms with Gasteiger partial charge in [0.05, 0.1) is 11.0 Å². The Kier molecular flexibility index (Phi) is 3.11. The zero-order valence-corrected chi connectivity index (χ0v) is 9.43. The number of thiocarbonyl (C=S) groups is 1. The maximum Gasteiger partial charge on any atom is 0.234 e. The molecule has 0 aromatic rings. The van der Waals surface area contributed by atoms with Gasteiger partial charge in [-0.05, 0) is 19.9 Å². The van der Waals surface area contributed by atoms with Crippen LogP contribution in [0.5, 0.6) is 0 Å². The van der Waals surface area contributed by atoms with Gasteiger partial charge in [0.15, 0.2) is 0 Å². The third kappa shape index (κ3) is 2.04. The summed E-state index contributed by atoms with van der Waals surface area (Å²) in [6.07, 6.45) is 0.903. The molecule has 1 aliphatic rings. The van der Waals surface area contributed by atoms with Crippen LogP contribution in [0, 0.1) is 5.41 Å². The van der Waals surface area contributed by atoms with E-state index in [0.717, 1.165) is 19.5 Å². The first-order valence-electron chi connectivity index (χ1n) is 4.70. The van der Waals surface area contributed by atoms with E-state index >= 15 is 0 Å². The number of nitrogens with two attached hydrogens (primary N) is 2. The van der Waals surface area contributed by atoms with Gasteiger partial charge < -0.3 is 11.5 Å². The van der Waals surface area contributed by atoms with Crippen molar-refractivity contribution in [1.82, 2.24) is 4.90 Å². The smallest absolute Gasteiger partial charge is 0.234 e. The van der Waals surface area contributed by atoms with Crippen molar-refractivity contribution < 1.29 is 4.79 Å². The van der Waals surface area contributed by atoms with Crippen LogP contribution in [0.15, 0.2) is 0 Å². The van der Waals surface area contributed by atoms with Crippen LogP contribution in [-0.2, 0) is 4.79 Å². The summed E-state index contributed by atoms with van der Waals surface area (Å²) in [7, 11) is 0. The number of rotatable bonds is 3. The Morgan fingerprint density at radius 2 is 2.14 bits per heavy atom. The molecule has 0 saturated carbocycles. The molecule has 5 heteroatoms. The van der Waals surface area contributed by atoms with Crippen LogP contribution in [-0.4, -0.2) is 34.9 Å². The summed E-state index contributed by atoms with van der Waals surface area (Å²) < 4.78 is 0. The van der Waals surface area contributed by atoms with Gasteiger partial charge >= 0.3 is 0 Å². The minimum atomic E-state index is -0.294. The minimum absolute atomic E-state index is 0.140. The van der Waals surface area contributed by atoms with Crippen molar-refractivity contribution in [3.63, 3.8) is 0 Å². The molecule has 1 fully saturated rings. The molecular formula is C9H17N3OS. The molecule has 2 unspecified atom stereocenters. The van der Waals surface area contributed by atoms with E-state index in [1.807, 2.05) is 18.7 Å². The van der Waals surface area contributed by atoms with Gasteiger partial charge in [-0.1, -0.05) is 19.1 Å². The molecule has 0 bridgehead atoms. The number of nitrogens with zero attached hydrogens (tertiary/aromatic N) is 1. The number of primary amides is 1. The highest BCUT2D eigenvalue weighted by Crippen LogP contribution is 2.31. The number of hydrogen-bond acceptors (Lipinski definition) is 3. The Balaban J connectivity index is 2.65. The van der Waals surface area contributed by atoms with Gasteiger partial charge in [-0.25, -0.2) is 0 Å². The summed E-state index contributed by atoms with van der Waals surface area (Å²) in [5.74, 6) is -0.294. The standard InChI is InChI=1S/C9H17N3OS/c1-6(7(10)13)12-4-3-9(2,5-12)8(11)14/h6H,3-5H2,1-2H3,(H2,10,13)(H2,11,14). The average molecular weight is 215 g/mol. The van der Waals surface area contributed by atoms with E-state index in [-0.39, 0.29) is 17.4 Å². The molecule has 0 aromatic carbocycles. The van der Waals surface area contributed by atoms with E-state index in [9.17, 15) is 4.79 Å². The third-order valence-electron chi connectivity index (χ3n) is 3.06. The second-order valence-corrected chi connectivity index (χ2v) is 4.66. The quantitative estimate of drug-likeness (QED) is 0.643. The Morgan fingerprint density at radius 1 is 1.57 bits per heavy atom. The highest BCUT2D eigenvalue weighted by Gasteiger charge is 2.38. The molecule has 14 heavy (non-hydrogen) atoms. The lowest BCUT2D eigenvalue weighted by Crippen LogP contribution is -2.43. The molecule has 1 amide bonds. The van der Waals surface area contributed by atoms with Crippen LogP contribution in [0.3, 0.4) is 0 Å². The van der Waals surface area contributed by atoms with Gasteiger partial charge in [0.25, 0.3) is 0 Å². The molecular weight excluding hydrogens is 198 g/mol. The number of amides is 1. The predicted molar refractivity (Wildman–Crippen MR) is 59.7 cm³/mol. The molecule has 0 spiro atoms. The Labute approximate surface area is 89.6 Å². The Hall–Kier alpha value is -0.680. The normalized spacial score (nSPS) is 30.1. The summed E-state index contributed by atoms with van der Waals surface area (Å²) in [5, 5.41) is 0. The second-order valence-electron chi connectivity index (χ2n) is 4.22. The van der Waals surface area contributed by atoms with Crippen molar-refractivity contribution in [1.29, 1.82) is 0 Å². The van der Waals surface area contributed by atoms with Crippen molar-refractivity contribution in [2.24, 2.45) is 16.9 Å². The molecule has 0 radical (unpaired) electrons. The summed E-state index contributed by atoms with van der Waals surface area (Å²) in [6, 6.07) is -0.230. The van der Waals surface area contributed by atoms with Crippen molar-refractivity contribution in [3.05, 3.63) is 0 Å². The fourth-order valence-electron chi connectivity index (χ4n) is 1.71. The highest BCUT2D eigenvalue weighted by molar-refractivity contribution is 7.80. The van der Waals surface area contributed by atoms with E-state index in [0.29, 0.717) is 4.99 Å². The maximum absolute atomic E-state index is 11.0. The predicted octanol–water partition coefficient (Wildman–Crippen LogP) is -0.142. The van der Waals surface area contributed by atoms with E-state index in [4.69, 9.17) is 23.7 Å². The summed E-state index contributed by atoms with van der Waals surface area (Å²) >= 11 is 5.01. The van der Waals surface area contributed by atoms with Crippen LogP contribution in [0.1, 0.15) is 20.3 Å². The SMILES string of the molecule is CC(C(N)=O)N1CCC(C)(C(N)=S)C1. The molecule has 4 nitrogen and oxygen atoms in total. The second kappa shape index (κ2) is 3.82. The highest BCUT2D eigenvalue weighted by atomic mass is 32.1. The lowest BCUT2D eigenvalue weighted by Gasteiger charge is -2.25. The lowest BCUT2D eigenvalue weighted by molar-refractivity contribution is -0.122. The van der Waals surface area contributed by atoms with Gasteiger partial charge in [-0.15, -0.1) is 0 Å². The van der Waals surface area contributed by atoms with Gasteiger partial charge in [0.2, 0.25) is 5.91 Å². The molecule has 1 saturated heterocycles. The van der Waals surface area contributed by atoms with E-state index in [2.05, 4.69) is 0 Å². The van der Waals surface area contributed by atoms with Crippen molar-refractivity contribution in [3.8, 4) is 0 Å². The average Bonchev–Trinajstić information content (AvgIpc) is 2.48. The van der Waals surface area contributed by atoms with Crippen LogP contribution in [0.4, 0.5) is 0 Å². The summed E-state index contributed by atoms with van der Waals surface area (Å²) in [6.45, 7) is 5.40. The first kappa shape index (κ1) is 11.4. The van der Waals surface area contributed by atoms with Crippen LogP contribution in [0.2, 0.25) is 0 Å². The topological polar surface area (TPSA) is 72.4 Å². The zero-order valence-electron chi connectivity index (χ0n) is 8.62. The number of hydrogen-bond donors (Lipinski definition) is 2. The Bertz CT molecular complexity index is 269. The molecule has 4 N–H and O–H groups in total. The minimum Gasteiger partial charge on any atom is -0.393 e. The monoisotopic (exact) mass is 215 g/mol. The van der Waals surface area contributed by atoms with Crippen molar-refractivity contribution in [2.75, 3.05) is 13.1 Å². The Morgan fingerprint density at radius 3 is 2.50 bits per heavy atom. The summed E-state index contributed by atoms with van der Waals surface area (Å²) in [4.78, 5) is 13.5. The number of carbonyl (C=O) groups excluding carboxylic acids is 1. The first-order chi connectivity index (χ1) is 6.37. The summed E-state index contributed by atoms with van der Waals surface area (Å²) in [5.41, 5.74) is 10.8. The number of carbonyl (C=O) groups is 1. The molecule has 0 aliphatic carbocycles. The van der Waals surface area contributed by atoms with Gasteiger partial charge in [-0.2, -0.15) is 0 Å².